The number of fused-ring (bicyclic) bond motifs is 1. The summed E-state index contributed by atoms with van der Waals surface area (Å²) >= 11 is 0. The number of anilines is 1. The van der Waals surface area contributed by atoms with E-state index in [0.717, 1.165) is 25.7 Å². The maximum atomic E-state index is 12.9. The second-order valence-electron chi connectivity index (χ2n) is 6.47. The first-order chi connectivity index (χ1) is 12.1. The van der Waals surface area contributed by atoms with Crippen molar-refractivity contribution in [1.82, 2.24) is 10.2 Å². The minimum atomic E-state index is -0.851. The number of carbonyl (C=O) groups excluding carboxylic acids is 3. The SMILES string of the molecule is COC(=O)C[C@@H]1C(=O)N[C@@H]2CCCC[C@H]2N1C(=O)Nc1ccccc1. The summed E-state index contributed by atoms with van der Waals surface area (Å²) in [7, 11) is 1.28. The van der Waals surface area contributed by atoms with E-state index in [0.29, 0.717) is 5.69 Å². The average Bonchev–Trinajstić information content (AvgIpc) is 2.62. The molecule has 1 heterocycles. The number of nitrogens with one attached hydrogen (secondary N) is 2. The molecule has 3 rings (SSSR count). The largest absolute Gasteiger partial charge is 0.469 e. The van der Waals surface area contributed by atoms with Gasteiger partial charge in [-0.15, -0.1) is 0 Å². The number of hydrogen-bond donors (Lipinski definition) is 2. The van der Waals surface area contributed by atoms with Crippen LogP contribution in [0, 0.1) is 0 Å². The number of urea groups is 1. The summed E-state index contributed by atoms with van der Waals surface area (Å²) in [6.45, 7) is 0. The predicted molar refractivity (Wildman–Crippen MR) is 91.9 cm³/mol. The minimum absolute atomic E-state index is 0.0586. The lowest BCUT2D eigenvalue weighted by atomic mass is 9.85. The lowest BCUT2D eigenvalue weighted by Gasteiger charge is -2.47. The van der Waals surface area contributed by atoms with E-state index in [4.69, 9.17) is 4.74 Å². The smallest absolute Gasteiger partial charge is 0.322 e. The first-order valence-electron chi connectivity index (χ1n) is 8.61. The van der Waals surface area contributed by atoms with Crippen LogP contribution in [-0.2, 0) is 14.3 Å². The molecule has 1 aromatic carbocycles. The Kier molecular flexibility index (Phi) is 5.21. The summed E-state index contributed by atoms with van der Waals surface area (Å²) in [4.78, 5) is 38.8. The van der Waals surface area contributed by atoms with Crippen molar-refractivity contribution < 1.29 is 19.1 Å². The number of piperazine rings is 1. The Morgan fingerprint density at radius 3 is 2.68 bits per heavy atom. The number of benzene rings is 1. The molecule has 134 valence electrons. The van der Waals surface area contributed by atoms with Gasteiger partial charge in [0.2, 0.25) is 5.91 Å². The van der Waals surface area contributed by atoms with Gasteiger partial charge in [0.05, 0.1) is 19.6 Å². The number of rotatable bonds is 3. The first kappa shape index (κ1) is 17.3. The van der Waals surface area contributed by atoms with Crippen molar-refractivity contribution in [2.75, 3.05) is 12.4 Å². The van der Waals surface area contributed by atoms with E-state index >= 15 is 0 Å². The second-order valence-corrected chi connectivity index (χ2v) is 6.47. The highest BCUT2D eigenvalue weighted by atomic mass is 16.5. The van der Waals surface area contributed by atoms with Crippen molar-refractivity contribution in [3.05, 3.63) is 30.3 Å². The van der Waals surface area contributed by atoms with Crippen LogP contribution < -0.4 is 10.6 Å². The van der Waals surface area contributed by atoms with Gasteiger partial charge in [0.15, 0.2) is 0 Å². The van der Waals surface area contributed by atoms with Crippen molar-refractivity contribution >= 4 is 23.6 Å². The van der Waals surface area contributed by atoms with E-state index in [1.54, 1.807) is 17.0 Å². The molecule has 7 nitrogen and oxygen atoms in total. The molecule has 2 fully saturated rings. The van der Waals surface area contributed by atoms with Crippen LogP contribution in [0.1, 0.15) is 32.1 Å². The molecule has 2 aliphatic rings. The van der Waals surface area contributed by atoms with Crippen LogP contribution in [-0.4, -0.2) is 48.0 Å². The van der Waals surface area contributed by atoms with Gasteiger partial charge in [-0.1, -0.05) is 31.0 Å². The number of esters is 1. The highest BCUT2D eigenvalue weighted by molar-refractivity contribution is 5.96. The summed E-state index contributed by atoms with van der Waals surface area (Å²) in [5, 5.41) is 5.82. The topological polar surface area (TPSA) is 87.7 Å². The zero-order valence-electron chi connectivity index (χ0n) is 14.2. The zero-order valence-corrected chi connectivity index (χ0v) is 14.2. The first-order valence-corrected chi connectivity index (χ1v) is 8.61. The third-order valence-electron chi connectivity index (χ3n) is 4.90. The minimum Gasteiger partial charge on any atom is -0.469 e. The van der Waals surface area contributed by atoms with Crippen LogP contribution >= 0.6 is 0 Å². The molecular weight excluding hydrogens is 322 g/mol. The van der Waals surface area contributed by atoms with Gasteiger partial charge in [-0.25, -0.2) is 4.79 Å². The van der Waals surface area contributed by atoms with Crippen molar-refractivity contribution in [2.24, 2.45) is 0 Å². The monoisotopic (exact) mass is 345 g/mol. The van der Waals surface area contributed by atoms with Gasteiger partial charge in [-0.3, -0.25) is 9.59 Å². The standard InChI is InChI=1S/C18H23N3O4/c1-25-16(22)11-15-17(23)20-13-9-5-6-10-14(13)21(15)18(24)19-12-7-3-2-4-8-12/h2-4,7-8,13-15H,5-6,9-11H2,1H3,(H,19,24)(H,20,23)/t13-,14-,15-/m1/s1. The number of hydrogen-bond acceptors (Lipinski definition) is 4. The number of ether oxygens (including phenoxy) is 1. The van der Waals surface area contributed by atoms with E-state index in [9.17, 15) is 14.4 Å². The molecular formula is C18H23N3O4. The molecule has 0 spiro atoms. The molecule has 1 aromatic rings. The molecule has 0 unspecified atom stereocenters. The van der Waals surface area contributed by atoms with E-state index in [-0.39, 0.29) is 30.4 Å². The van der Waals surface area contributed by atoms with Crippen molar-refractivity contribution in [1.29, 1.82) is 0 Å². The van der Waals surface area contributed by atoms with Crippen molar-refractivity contribution in [3.8, 4) is 0 Å². The molecule has 0 aromatic heterocycles. The highest BCUT2D eigenvalue weighted by Gasteiger charge is 2.46. The number of carbonyl (C=O) groups is 3. The summed E-state index contributed by atoms with van der Waals surface area (Å²) < 4.78 is 4.71. The van der Waals surface area contributed by atoms with Crippen molar-refractivity contribution in [3.63, 3.8) is 0 Å². The molecule has 1 aliphatic carbocycles. The molecule has 1 aliphatic heterocycles. The second kappa shape index (κ2) is 7.55. The van der Waals surface area contributed by atoms with Gasteiger partial charge in [0.25, 0.3) is 0 Å². The molecule has 7 heteroatoms. The van der Waals surface area contributed by atoms with E-state index in [2.05, 4.69) is 10.6 Å². The molecule has 3 atom stereocenters. The van der Waals surface area contributed by atoms with Crippen molar-refractivity contribution in [2.45, 2.75) is 50.2 Å². The maximum Gasteiger partial charge on any atom is 0.322 e. The number of methoxy groups -OCH3 is 1. The summed E-state index contributed by atoms with van der Waals surface area (Å²) in [6.07, 6.45) is 3.53. The molecule has 0 bridgehead atoms. The quantitative estimate of drug-likeness (QED) is 0.819. The third kappa shape index (κ3) is 3.75. The van der Waals surface area contributed by atoms with Gasteiger partial charge in [-0.2, -0.15) is 0 Å². The van der Waals surface area contributed by atoms with Crippen LogP contribution in [0.15, 0.2) is 30.3 Å². The highest BCUT2D eigenvalue weighted by Crippen LogP contribution is 2.30. The maximum absolute atomic E-state index is 12.9. The third-order valence-corrected chi connectivity index (χ3v) is 4.90. The number of para-hydroxylation sites is 1. The molecule has 1 saturated heterocycles. The van der Waals surface area contributed by atoms with Crippen LogP contribution in [0.25, 0.3) is 0 Å². The fourth-order valence-electron chi connectivity index (χ4n) is 3.68. The fraction of sp³-hybridized carbons (Fsp3) is 0.500. The van der Waals surface area contributed by atoms with E-state index in [1.807, 2.05) is 18.2 Å². The summed E-state index contributed by atoms with van der Waals surface area (Å²) in [6, 6.07) is 7.72. The summed E-state index contributed by atoms with van der Waals surface area (Å²) in [5.41, 5.74) is 0.655. The Balaban J connectivity index is 1.85. The van der Waals surface area contributed by atoms with Crippen LogP contribution in [0.4, 0.5) is 10.5 Å². The molecule has 3 amide bonds. The van der Waals surface area contributed by atoms with Gasteiger partial charge in [0, 0.05) is 11.7 Å². The Morgan fingerprint density at radius 1 is 1.24 bits per heavy atom. The Hall–Kier alpha value is -2.57. The average molecular weight is 345 g/mol. The fourth-order valence-corrected chi connectivity index (χ4v) is 3.68. The molecule has 2 N–H and O–H groups in total. The normalized spacial score (nSPS) is 25.6. The Bertz CT molecular complexity index is 649. The summed E-state index contributed by atoms with van der Waals surface area (Å²) in [5.74, 6) is -0.802. The molecule has 0 radical (unpaired) electrons. The Labute approximate surface area is 146 Å². The van der Waals surface area contributed by atoms with Crippen LogP contribution in [0.2, 0.25) is 0 Å². The number of nitrogens with zero attached hydrogens (tertiary/aromatic N) is 1. The molecule has 25 heavy (non-hydrogen) atoms. The van der Waals surface area contributed by atoms with Crippen LogP contribution in [0.5, 0.6) is 0 Å². The molecule has 1 saturated carbocycles. The van der Waals surface area contributed by atoms with Gasteiger partial charge >= 0.3 is 12.0 Å². The van der Waals surface area contributed by atoms with Gasteiger partial charge in [-0.05, 0) is 25.0 Å². The van der Waals surface area contributed by atoms with Gasteiger partial charge < -0.3 is 20.3 Å². The van der Waals surface area contributed by atoms with E-state index in [1.165, 1.54) is 7.11 Å². The lowest BCUT2D eigenvalue weighted by molar-refractivity contribution is -0.146. The van der Waals surface area contributed by atoms with Gasteiger partial charge in [0.1, 0.15) is 6.04 Å². The van der Waals surface area contributed by atoms with E-state index < -0.39 is 12.0 Å². The predicted octanol–water partition coefficient (Wildman–Crippen LogP) is 1.89. The zero-order chi connectivity index (χ0) is 17.8. The lowest BCUT2D eigenvalue weighted by Crippen LogP contribution is -2.68. The Morgan fingerprint density at radius 2 is 1.96 bits per heavy atom. The van der Waals surface area contributed by atoms with Crippen LogP contribution in [0.3, 0.4) is 0 Å². The number of amides is 3.